The lowest BCUT2D eigenvalue weighted by atomic mass is 10.0. The van der Waals surface area contributed by atoms with Crippen LogP contribution in [0.4, 0.5) is 13.2 Å². The third-order valence-electron chi connectivity index (χ3n) is 3.90. The first kappa shape index (κ1) is 13.4. The molecular formula is C12H14F3N3O2. The highest BCUT2D eigenvalue weighted by Gasteiger charge is 2.58. The molecule has 0 aromatic carbocycles. The van der Waals surface area contributed by atoms with E-state index in [0.29, 0.717) is 5.92 Å². The molecule has 3 rings (SSSR count). The van der Waals surface area contributed by atoms with Gasteiger partial charge in [0.05, 0.1) is 6.54 Å². The number of nitrogens with zero attached hydrogens (tertiary/aromatic N) is 2. The van der Waals surface area contributed by atoms with Crippen molar-refractivity contribution >= 4 is 5.91 Å². The average Bonchev–Trinajstić information content (AvgIpc) is 2.95. The summed E-state index contributed by atoms with van der Waals surface area (Å²) < 4.78 is 38.1. The number of carbonyl (C=O) groups is 1. The standard InChI is InChI=1S/C12H14F3N3O2/c13-12(14,15)11(20)3-4-18(6-11)10(19)9-5-8(16-17-9)7-1-2-7/h5,7,20H,1-4,6H2,(H,16,17). The van der Waals surface area contributed by atoms with Gasteiger partial charge in [-0.15, -0.1) is 0 Å². The van der Waals surface area contributed by atoms with Crippen molar-refractivity contribution in [2.24, 2.45) is 0 Å². The molecule has 1 aliphatic carbocycles. The molecule has 1 unspecified atom stereocenters. The second-order valence-electron chi connectivity index (χ2n) is 5.49. The highest BCUT2D eigenvalue weighted by Crippen LogP contribution is 2.40. The topological polar surface area (TPSA) is 69.2 Å². The van der Waals surface area contributed by atoms with Crippen LogP contribution in [0.25, 0.3) is 0 Å². The van der Waals surface area contributed by atoms with E-state index in [1.807, 2.05) is 0 Å². The van der Waals surface area contributed by atoms with Crippen LogP contribution in [0.3, 0.4) is 0 Å². The van der Waals surface area contributed by atoms with Crippen molar-refractivity contribution < 1.29 is 23.1 Å². The van der Waals surface area contributed by atoms with Gasteiger partial charge in [0.15, 0.2) is 5.60 Å². The van der Waals surface area contributed by atoms with Crippen molar-refractivity contribution in [3.05, 3.63) is 17.5 Å². The summed E-state index contributed by atoms with van der Waals surface area (Å²) in [6.07, 6.45) is -3.16. The Bertz CT molecular complexity index is 538. The lowest BCUT2D eigenvalue weighted by Crippen LogP contribution is -2.48. The summed E-state index contributed by atoms with van der Waals surface area (Å²) in [6.45, 7) is -0.860. The average molecular weight is 289 g/mol. The molecule has 1 amide bonds. The molecule has 0 radical (unpaired) electrons. The molecular weight excluding hydrogens is 275 g/mol. The zero-order valence-electron chi connectivity index (χ0n) is 10.6. The highest BCUT2D eigenvalue weighted by atomic mass is 19.4. The van der Waals surface area contributed by atoms with Gasteiger partial charge in [-0.2, -0.15) is 18.3 Å². The monoisotopic (exact) mass is 289 g/mol. The maximum absolute atomic E-state index is 12.7. The predicted molar refractivity (Wildman–Crippen MR) is 62.1 cm³/mol. The van der Waals surface area contributed by atoms with Crippen molar-refractivity contribution in [3.8, 4) is 0 Å². The Hall–Kier alpha value is -1.57. The molecule has 1 saturated carbocycles. The first-order chi connectivity index (χ1) is 9.30. The largest absolute Gasteiger partial charge is 0.419 e. The van der Waals surface area contributed by atoms with E-state index in [4.69, 9.17) is 0 Å². The third-order valence-corrected chi connectivity index (χ3v) is 3.90. The summed E-state index contributed by atoms with van der Waals surface area (Å²) in [5.41, 5.74) is -1.85. The van der Waals surface area contributed by atoms with Gasteiger partial charge in [0.25, 0.3) is 5.91 Å². The van der Waals surface area contributed by atoms with E-state index >= 15 is 0 Å². The number of hydrogen-bond acceptors (Lipinski definition) is 3. The van der Waals surface area contributed by atoms with Crippen LogP contribution in [0.1, 0.15) is 41.4 Å². The minimum Gasteiger partial charge on any atom is -0.379 e. The zero-order valence-corrected chi connectivity index (χ0v) is 10.6. The Kier molecular flexibility index (Phi) is 2.82. The number of alkyl halides is 3. The number of hydrogen-bond donors (Lipinski definition) is 2. The number of aromatic nitrogens is 2. The maximum atomic E-state index is 12.7. The van der Waals surface area contributed by atoms with Crippen LogP contribution in [-0.2, 0) is 0 Å². The number of likely N-dealkylation sites (tertiary alicyclic amines) is 1. The van der Waals surface area contributed by atoms with Crippen molar-refractivity contribution in [2.75, 3.05) is 13.1 Å². The van der Waals surface area contributed by atoms with Crippen LogP contribution >= 0.6 is 0 Å². The summed E-state index contributed by atoms with van der Waals surface area (Å²) >= 11 is 0. The number of aliphatic hydroxyl groups is 1. The molecule has 8 heteroatoms. The van der Waals surface area contributed by atoms with Crippen LogP contribution < -0.4 is 0 Å². The molecule has 0 bridgehead atoms. The first-order valence-electron chi connectivity index (χ1n) is 6.44. The van der Waals surface area contributed by atoms with Crippen LogP contribution in [0.2, 0.25) is 0 Å². The van der Waals surface area contributed by atoms with Crippen LogP contribution in [0.5, 0.6) is 0 Å². The fraction of sp³-hybridized carbons (Fsp3) is 0.667. The molecule has 2 N–H and O–H groups in total. The van der Waals surface area contributed by atoms with Crippen molar-refractivity contribution in [2.45, 2.75) is 37.0 Å². The molecule has 1 saturated heterocycles. The minimum atomic E-state index is -4.73. The smallest absolute Gasteiger partial charge is 0.379 e. The molecule has 110 valence electrons. The Morgan fingerprint density at radius 2 is 2.20 bits per heavy atom. The molecule has 2 aliphatic rings. The molecule has 5 nitrogen and oxygen atoms in total. The Labute approximate surface area is 112 Å². The zero-order chi connectivity index (χ0) is 14.5. The number of nitrogens with one attached hydrogen (secondary N) is 1. The highest BCUT2D eigenvalue weighted by molar-refractivity contribution is 5.92. The molecule has 2 fully saturated rings. The van der Waals surface area contributed by atoms with E-state index in [9.17, 15) is 23.1 Å². The molecule has 2 heterocycles. The van der Waals surface area contributed by atoms with E-state index in [1.165, 1.54) is 0 Å². The number of halogens is 3. The van der Waals surface area contributed by atoms with Crippen LogP contribution in [-0.4, -0.2) is 51.0 Å². The van der Waals surface area contributed by atoms with Gasteiger partial charge in [-0.3, -0.25) is 9.89 Å². The molecule has 0 spiro atoms. The Balaban J connectivity index is 1.72. The van der Waals surface area contributed by atoms with Crippen LogP contribution in [0.15, 0.2) is 6.07 Å². The SMILES string of the molecule is O=C(c1cc(C2CC2)[nH]n1)N1CCC(O)(C(F)(F)F)C1. The summed E-state index contributed by atoms with van der Waals surface area (Å²) in [5.74, 6) is -0.192. The lowest BCUT2D eigenvalue weighted by Gasteiger charge is -2.25. The van der Waals surface area contributed by atoms with Gasteiger partial charge in [-0.05, 0) is 18.9 Å². The quantitative estimate of drug-likeness (QED) is 0.865. The molecule has 1 aliphatic heterocycles. The second kappa shape index (κ2) is 4.21. The number of carbonyl (C=O) groups excluding carboxylic acids is 1. The number of β-amino-alcohol motifs (C(OH)–C–C–N with tert-alkyl or cyclic N) is 1. The predicted octanol–water partition coefficient (Wildman–Crippen LogP) is 1.43. The fourth-order valence-electron chi connectivity index (χ4n) is 2.41. The Morgan fingerprint density at radius 1 is 1.50 bits per heavy atom. The number of amides is 1. The van der Waals surface area contributed by atoms with Gasteiger partial charge in [-0.1, -0.05) is 0 Å². The first-order valence-corrected chi connectivity index (χ1v) is 6.44. The number of rotatable bonds is 2. The van der Waals surface area contributed by atoms with Gasteiger partial charge < -0.3 is 10.0 Å². The summed E-state index contributed by atoms with van der Waals surface area (Å²) in [4.78, 5) is 13.1. The lowest BCUT2D eigenvalue weighted by molar-refractivity contribution is -0.253. The van der Waals surface area contributed by atoms with Crippen molar-refractivity contribution in [1.82, 2.24) is 15.1 Å². The summed E-state index contributed by atoms with van der Waals surface area (Å²) in [5, 5.41) is 16.1. The molecule has 1 aromatic rings. The second-order valence-corrected chi connectivity index (χ2v) is 5.49. The third kappa shape index (κ3) is 2.17. The molecule has 20 heavy (non-hydrogen) atoms. The molecule has 1 aromatic heterocycles. The summed E-state index contributed by atoms with van der Waals surface area (Å²) in [6, 6.07) is 1.59. The van der Waals surface area contributed by atoms with E-state index < -0.39 is 30.7 Å². The van der Waals surface area contributed by atoms with Crippen molar-refractivity contribution in [3.63, 3.8) is 0 Å². The van der Waals surface area contributed by atoms with Gasteiger partial charge in [-0.25, -0.2) is 0 Å². The van der Waals surface area contributed by atoms with Gasteiger partial charge in [0.2, 0.25) is 0 Å². The van der Waals surface area contributed by atoms with Crippen LogP contribution in [0, 0.1) is 0 Å². The van der Waals surface area contributed by atoms with E-state index in [2.05, 4.69) is 10.2 Å². The van der Waals surface area contributed by atoms with Crippen molar-refractivity contribution in [1.29, 1.82) is 0 Å². The fourth-order valence-corrected chi connectivity index (χ4v) is 2.41. The minimum absolute atomic E-state index is 0.110. The number of aromatic amines is 1. The summed E-state index contributed by atoms with van der Waals surface area (Å²) in [7, 11) is 0. The van der Waals surface area contributed by atoms with Gasteiger partial charge >= 0.3 is 6.18 Å². The van der Waals surface area contributed by atoms with E-state index in [0.717, 1.165) is 23.4 Å². The number of H-pyrrole nitrogens is 1. The Morgan fingerprint density at radius 3 is 2.75 bits per heavy atom. The maximum Gasteiger partial charge on any atom is 0.419 e. The van der Waals surface area contributed by atoms with Gasteiger partial charge in [0.1, 0.15) is 5.69 Å². The normalized spacial score (nSPS) is 27.1. The molecule has 1 atom stereocenters. The van der Waals surface area contributed by atoms with Gasteiger partial charge in [0, 0.05) is 24.6 Å². The van der Waals surface area contributed by atoms with E-state index in [1.54, 1.807) is 6.07 Å². The van der Waals surface area contributed by atoms with E-state index in [-0.39, 0.29) is 12.2 Å².